The van der Waals surface area contributed by atoms with Gasteiger partial charge in [0.25, 0.3) is 0 Å². The minimum absolute atomic E-state index is 0.137. The topological polar surface area (TPSA) is 0 Å². The molecule has 0 amide bonds. The molecule has 0 aromatic heterocycles. The van der Waals surface area contributed by atoms with Crippen molar-refractivity contribution in [1.82, 2.24) is 0 Å². The van der Waals surface area contributed by atoms with Gasteiger partial charge >= 0.3 is 0 Å². The fourth-order valence-electron chi connectivity index (χ4n) is 1.26. The van der Waals surface area contributed by atoms with Crippen LogP contribution in [-0.4, -0.2) is 0 Å². The quantitative estimate of drug-likeness (QED) is 0.589. The van der Waals surface area contributed by atoms with E-state index in [1.54, 1.807) is 12.1 Å². The lowest BCUT2D eigenvalue weighted by Crippen LogP contribution is -2.08. The second-order valence-corrected chi connectivity index (χ2v) is 3.96. The molecule has 1 atom stereocenters. The molecule has 0 nitrogen and oxygen atoms in total. The van der Waals surface area contributed by atoms with Gasteiger partial charge in [-0.15, -0.1) is 9.24 Å². The zero-order valence-electron chi connectivity index (χ0n) is 7.69. The Hall–Kier alpha value is -0.420. The van der Waals surface area contributed by atoms with Crippen LogP contribution >= 0.6 is 9.24 Å². The third kappa shape index (κ3) is 1.84. The second-order valence-electron chi connectivity index (χ2n) is 3.38. The molecule has 1 aromatic carbocycles. The monoisotopic (exact) mass is 184 g/mol. The van der Waals surface area contributed by atoms with Crippen LogP contribution in [0, 0.1) is 12.7 Å². The van der Waals surface area contributed by atoms with E-state index in [1.807, 2.05) is 6.92 Å². The molecule has 2 heteroatoms. The molecule has 1 unspecified atom stereocenters. The number of aryl methyl sites for hydroxylation is 1. The van der Waals surface area contributed by atoms with E-state index in [9.17, 15) is 4.39 Å². The minimum Gasteiger partial charge on any atom is -0.207 e. The Labute approximate surface area is 75.4 Å². The Balaban J connectivity index is 3.28. The van der Waals surface area contributed by atoms with Crippen LogP contribution in [0.15, 0.2) is 12.1 Å². The van der Waals surface area contributed by atoms with E-state index in [-0.39, 0.29) is 5.82 Å². The molecule has 0 aliphatic rings. The predicted molar refractivity (Wildman–Crippen MR) is 54.6 cm³/mol. The zero-order chi connectivity index (χ0) is 9.30. The van der Waals surface area contributed by atoms with Crippen LogP contribution in [-0.2, 0) is 0 Å². The van der Waals surface area contributed by atoms with E-state index >= 15 is 0 Å². The van der Waals surface area contributed by atoms with E-state index < -0.39 is 0 Å². The van der Waals surface area contributed by atoms with Crippen molar-refractivity contribution >= 4 is 14.5 Å². The average molecular weight is 184 g/mol. The molecule has 0 fully saturated rings. The number of hydrogen-bond acceptors (Lipinski definition) is 0. The van der Waals surface area contributed by atoms with Crippen molar-refractivity contribution in [1.29, 1.82) is 0 Å². The van der Waals surface area contributed by atoms with Gasteiger partial charge in [0.15, 0.2) is 0 Å². The van der Waals surface area contributed by atoms with E-state index in [1.165, 1.54) is 0 Å². The molecule has 0 saturated heterocycles. The average Bonchev–Trinajstić information content (AvgIpc) is 1.96. The molecular formula is C10H14FP. The van der Waals surface area contributed by atoms with Gasteiger partial charge in [-0.05, 0) is 41.4 Å². The van der Waals surface area contributed by atoms with Crippen molar-refractivity contribution in [3.63, 3.8) is 0 Å². The molecule has 1 aromatic rings. The van der Waals surface area contributed by atoms with Gasteiger partial charge in [0, 0.05) is 0 Å². The van der Waals surface area contributed by atoms with Crippen molar-refractivity contribution in [2.45, 2.75) is 26.7 Å². The van der Waals surface area contributed by atoms with Crippen LogP contribution < -0.4 is 5.30 Å². The SMILES string of the molecule is Cc1cc(F)cc(C(C)C)c1P. The fourth-order valence-corrected chi connectivity index (χ4v) is 1.76. The molecule has 1 rings (SSSR count). The van der Waals surface area contributed by atoms with Gasteiger partial charge in [-0.25, -0.2) is 4.39 Å². The van der Waals surface area contributed by atoms with E-state index in [0.717, 1.165) is 16.4 Å². The van der Waals surface area contributed by atoms with Crippen molar-refractivity contribution in [3.05, 3.63) is 29.1 Å². The number of hydrogen-bond donors (Lipinski definition) is 0. The fraction of sp³-hybridized carbons (Fsp3) is 0.400. The van der Waals surface area contributed by atoms with Crippen LogP contribution in [0.5, 0.6) is 0 Å². The van der Waals surface area contributed by atoms with Gasteiger partial charge in [0.1, 0.15) is 5.82 Å². The summed E-state index contributed by atoms with van der Waals surface area (Å²) in [5, 5.41) is 1.13. The van der Waals surface area contributed by atoms with E-state index in [4.69, 9.17) is 0 Å². The molecule has 12 heavy (non-hydrogen) atoms. The van der Waals surface area contributed by atoms with Crippen LogP contribution in [0.2, 0.25) is 0 Å². The summed E-state index contributed by atoms with van der Waals surface area (Å²) in [4.78, 5) is 0. The Kier molecular flexibility index (Phi) is 2.85. The second kappa shape index (κ2) is 3.53. The normalized spacial score (nSPS) is 10.8. The molecule has 0 heterocycles. The summed E-state index contributed by atoms with van der Waals surface area (Å²) in [6.45, 7) is 6.07. The zero-order valence-corrected chi connectivity index (χ0v) is 8.84. The number of benzene rings is 1. The summed E-state index contributed by atoms with van der Waals surface area (Å²) in [6.07, 6.45) is 0. The molecule has 0 radical (unpaired) electrons. The third-order valence-corrected chi connectivity index (χ3v) is 2.79. The van der Waals surface area contributed by atoms with Crippen LogP contribution in [0.25, 0.3) is 0 Å². The third-order valence-electron chi connectivity index (χ3n) is 2.01. The van der Waals surface area contributed by atoms with Gasteiger partial charge in [-0.1, -0.05) is 13.8 Å². The number of halogens is 1. The highest BCUT2D eigenvalue weighted by atomic mass is 31.0. The van der Waals surface area contributed by atoms with E-state index in [2.05, 4.69) is 23.1 Å². The molecule has 0 spiro atoms. The highest BCUT2D eigenvalue weighted by Crippen LogP contribution is 2.17. The molecule has 0 saturated carbocycles. The first-order chi connectivity index (χ1) is 5.52. The molecule has 0 aliphatic carbocycles. The lowest BCUT2D eigenvalue weighted by atomic mass is 10.0. The Morgan fingerprint density at radius 2 is 1.92 bits per heavy atom. The first-order valence-corrected chi connectivity index (χ1v) is 4.65. The van der Waals surface area contributed by atoms with Crippen molar-refractivity contribution in [2.75, 3.05) is 0 Å². The predicted octanol–water partition coefficient (Wildman–Crippen LogP) is 2.76. The van der Waals surface area contributed by atoms with Gasteiger partial charge in [-0.3, -0.25) is 0 Å². The summed E-state index contributed by atoms with van der Waals surface area (Å²) in [5.41, 5.74) is 2.08. The molecule has 0 N–H and O–H groups in total. The van der Waals surface area contributed by atoms with Gasteiger partial charge in [0.2, 0.25) is 0 Å². The van der Waals surface area contributed by atoms with Gasteiger partial charge in [0.05, 0.1) is 0 Å². The maximum atomic E-state index is 13.0. The van der Waals surface area contributed by atoms with Gasteiger partial charge < -0.3 is 0 Å². The molecule has 0 aliphatic heterocycles. The van der Waals surface area contributed by atoms with E-state index in [0.29, 0.717) is 5.92 Å². The first-order valence-electron chi connectivity index (χ1n) is 4.08. The van der Waals surface area contributed by atoms with Crippen LogP contribution in [0.1, 0.15) is 30.9 Å². The largest absolute Gasteiger partial charge is 0.207 e. The summed E-state index contributed by atoms with van der Waals surface area (Å²) in [6, 6.07) is 3.17. The Bertz CT molecular complexity index is 292. The smallest absolute Gasteiger partial charge is 0.123 e. The number of rotatable bonds is 1. The molecular weight excluding hydrogens is 170 g/mol. The van der Waals surface area contributed by atoms with Crippen molar-refractivity contribution < 1.29 is 4.39 Å². The summed E-state index contributed by atoms with van der Waals surface area (Å²) in [5.74, 6) is 0.245. The highest BCUT2D eigenvalue weighted by Gasteiger charge is 2.07. The van der Waals surface area contributed by atoms with Crippen molar-refractivity contribution in [2.24, 2.45) is 0 Å². The standard InChI is InChI=1S/C10H14FP/c1-6(2)9-5-8(11)4-7(3)10(9)12/h4-6H,12H2,1-3H3. The minimum atomic E-state index is -0.137. The van der Waals surface area contributed by atoms with Crippen molar-refractivity contribution in [3.8, 4) is 0 Å². The maximum Gasteiger partial charge on any atom is 0.123 e. The lowest BCUT2D eigenvalue weighted by molar-refractivity contribution is 0.623. The Morgan fingerprint density at radius 3 is 2.42 bits per heavy atom. The Morgan fingerprint density at radius 1 is 1.33 bits per heavy atom. The summed E-state index contributed by atoms with van der Waals surface area (Å²) >= 11 is 0. The lowest BCUT2D eigenvalue weighted by Gasteiger charge is -2.11. The highest BCUT2D eigenvalue weighted by molar-refractivity contribution is 7.27. The molecule has 66 valence electrons. The maximum absolute atomic E-state index is 13.0. The first kappa shape index (κ1) is 9.67. The molecule has 0 bridgehead atoms. The summed E-state index contributed by atoms with van der Waals surface area (Å²) < 4.78 is 13.0. The van der Waals surface area contributed by atoms with Crippen LogP contribution in [0.4, 0.5) is 4.39 Å². The van der Waals surface area contributed by atoms with Gasteiger partial charge in [-0.2, -0.15) is 0 Å². The summed E-state index contributed by atoms with van der Waals surface area (Å²) in [7, 11) is 2.67. The van der Waals surface area contributed by atoms with Crippen LogP contribution in [0.3, 0.4) is 0 Å².